The number of pyridine rings is 1. The van der Waals surface area contributed by atoms with Crippen LogP contribution in [0.3, 0.4) is 0 Å². The number of aromatic nitrogens is 1. The maximum Gasteiger partial charge on any atom is 0.215 e. The van der Waals surface area contributed by atoms with Gasteiger partial charge in [-0.2, -0.15) is 4.98 Å². The Kier molecular flexibility index (Phi) is 3.49. The van der Waals surface area contributed by atoms with Crippen LogP contribution in [0, 0.1) is 0 Å². The molecule has 0 radical (unpaired) electrons. The van der Waals surface area contributed by atoms with Crippen molar-refractivity contribution in [2.45, 2.75) is 6.54 Å². The molecule has 0 spiro atoms. The minimum atomic E-state index is 0.576. The number of thiophene rings is 1. The summed E-state index contributed by atoms with van der Waals surface area (Å²) >= 11 is 1.72. The lowest BCUT2D eigenvalue weighted by molar-refractivity contribution is 0.398. The Balaban J connectivity index is 2.20. The first-order chi connectivity index (χ1) is 8.20. The average molecular weight is 249 g/mol. The van der Waals surface area contributed by atoms with Crippen LogP contribution in [0.1, 0.15) is 4.88 Å². The molecule has 4 nitrogen and oxygen atoms in total. The van der Waals surface area contributed by atoms with Gasteiger partial charge in [0.1, 0.15) is 0 Å². The van der Waals surface area contributed by atoms with Crippen molar-refractivity contribution >= 4 is 22.8 Å². The van der Waals surface area contributed by atoms with Gasteiger partial charge in [0, 0.05) is 18.0 Å². The Morgan fingerprint density at radius 1 is 1.41 bits per heavy atom. The fourth-order valence-electron chi connectivity index (χ4n) is 1.57. The normalized spacial score (nSPS) is 10.2. The topological polar surface area (TPSA) is 51.4 Å². The highest BCUT2D eigenvalue weighted by atomic mass is 32.1. The van der Waals surface area contributed by atoms with E-state index in [0.717, 1.165) is 12.4 Å². The number of rotatable bonds is 4. The first-order valence-electron chi connectivity index (χ1n) is 5.24. The molecule has 0 fully saturated rings. The molecule has 0 aliphatic rings. The molecule has 0 aliphatic heterocycles. The van der Waals surface area contributed by atoms with Gasteiger partial charge in [-0.1, -0.05) is 6.07 Å². The number of methoxy groups -OCH3 is 1. The zero-order chi connectivity index (χ0) is 12.3. The summed E-state index contributed by atoms with van der Waals surface area (Å²) in [5, 5.41) is 2.06. The molecule has 0 unspecified atom stereocenters. The molecule has 5 heteroatoms. The Bertz CT molecular complexity index is 485. The van der Waals surface area contributed by atoms with Gasteiger partial charge in [-0.25, -0.2) is 0 Å². The Labute approximate surface area is 105 Å². The van der Waals surface area contributed by atoms with Gasteiger partial charge < -0.3 is 15.4 Å². The van der Waals surface area contributed by atoms with E-state index in [2.05, 4.69) is 16.4 Å². The van der Waals surface area contributed by atoms with Crippen molar-refractivity contribution in [2.24, 2.45) is 0 Å². The molecular weight excluding hydrogens is 234 g/mol. The second kappa shape index (κ2) is 5.05. The summed E-state index contributed by atoms with van der Waals surface area (Å²) in [5.41, 5.74) is 6.57. The number of hydrogen-bond acceptors (Lipinski definition) is 5. The molecule has 0 saturated carbocycles. The van der Waals surface area contributed by atoms with E-state index >= 15 is 0 Å². The minimum absolute atomic E-state index is 0.576. The molecule has 2 rings (SSSR count). The van der Waals surface area contributed by atoms with Crippen LogP contribution in [-0.4, -0.2) is 19.1 Å². The molecular formula is C12H15N3OS. The molecule has 2 N–H and O–H groups in total. The number of nitrogens with two attached hydrogens (primary N) is 1. The van der Waals surface area contributed by atoms with E-state index in [1.807, 2.05) is 24.1 Å². The van der Waals surface area contributed by atoms with Crippen LogP contribution in [0.5, 0.6) is 5.88 Å². The van der Waals surface area contributed by atoms with Crippen LogP contribution < -0.4 is 15.4 Å². The van der Waals surface area contributed by atoms with Crippen molar-refractivity contribution in [3.8, 4) is 5.88 Å². The van der Waals surface area contributed by atoms with E-state index in [0.29, 0.717) is 11.6 Å². The highest BCUT2D eigenvalue weighted by Gasteiger charge is 2.09. The van der Waals surface area contributed by atoms with Gasteiger partial charge in [-0.15, -0.1) is 11.3 Å². The van der Waals surface area contributed by atoms with Gasteiger partial charge in [0.25, 0.3) is 0 Å². The van der Waals surface area contributed by atoms with Gasteiger partial charge in [0.15, 0.2) is 5.82 Å². The number of nitrogens with zero attached hydrogens (tertiary/aromatic N) is 2. The number of anilines is 2. The van der Waals surface area contributed by atoms with Crippen molar-refractivity contribution in [3.05, 3.63) is 34.5 Å². The summed E-state index contributed by atoms with van der Waals surface area (Å²) < 4.78 is 5.10. The molecule has 2 aromatic rings. The van der Waals surface area contributed by atoms with E-state index < -0.39 is 0 Å². The van der Waals surface area contributed by atoms with Gasteiger partial charge in [0.2, 0.25) is 5.88 Å². The third-order valence-corrected chi connectivity index (χ3v) is 3.28. The third kappa shape index (κ3) is 2.68. The van der Waals surface area contributed by atoms with E-state index in [4.69, 9.17) is 10.5 Å². The van der Waals surface area contributed by atoms with E-state index in [-0.39, 0.29) is 0 Å². The second-order valence-electron chi connectivity index (χ2n) is 3.70. The van der Waals surface area contributed by atoms with E-state index in [1.165, 1.54) is 4.88 Å². The maximum atomic E-state index is 5.92. The third-order valence-electron chi connectivity index (χ3n) is 2.42. The Hall–Kier alpha value is -1.75. The molecule has 0 saturated heterocycles. The van der Waals surface area contributed by atoms with Crippen LogP contribution >= 0.6 is 11.3 Å². The number of nitrogen functional groups attached to an aromatic ring is 1. The predicted octanol–water partition coefficient (Wildman–Crippen LogP) is 2.37. The van der Waals surface area contributed by atoms with Crippen molar-refractivity contribution < 1.29 is 4.74 Å². The first-order valence-corrected chi connectivity index (χ1v) is 6.12. The summed E-state index contributed by atoms with van der Waals surface area (Å²) in [4.78, 5) is 7.65. The van der Waals surface area contributed by atoms with Crippen molar-refractivity contribution in [1.82, 2.24) is 4.98 Å². The zero-order valence-corrected chi connectivity index (χ0v) is 10.7. The molecule has 0 aliphatic carbocycles. The minimum Gasteiger partial charge on any atom is -0.481 e. The van der Waals surface area contributed by atoms with Crippen LogP contribution in [0.15, 0.2) is 29.6 Å². The average Bonchev–Trinajstić information content (AvgIpc) is 2.82. The molecule has 90 valence electrons. The van der Waals surface area contributed by atoms with Crippen LogP contribution in [0.2, 0.25) is 0 Å². The highest BCUT2D eigenvalue weighted by Crippen LogP contribution is 2.24. The van der Waals surface area contributed by atoms with Gasteiger partial charge in [-0.05, 0) is 17.5 Å². The Morgan fingerprint density at radius 2 is 2.24 bits per heavy atom. The highest BCUT2D eigenvalue weighted by molar-refractivity contribution is 7.09. The quantitative estimate of drug-likeness (QED) is 0.903. The lowest BCUT2D eigenvalue weighted by atomic mass is 10.3. The second-order valence-corrected chi connectivity index (χ2v) is 4.73. The fraction of sp³-hybridized carbons (Fsp3) is 0.250. The SMILES string of the molecule is COc1ccc(N)c(N(C)Cc2cccs2)n1. The summed E-state index contributed by atoms with van der Waals surface area (Å²) in [6.07, 6.45) is 0. The lowest BCUT2D eigenvalue weighted by Gasteiger charge is -2.19. The van der Waals surface area contributed by atoms with Crippen molar-refractivity contribution in [2.75, 3.05) is 24.8 Å². The van der Waals surface area contributed by atoms with Crippen molar-refractivity contribution in [1.29, 1.82) is 0 Å². The van der Waals surface area contributed by atoms with Gasteiger partial charge in [-0.3, -0.25) is 0 Å². The largest absolute Gasteiger partial charge is 0.481 e. The van der Waals surface area contributed by atoms with Crippen molar-refractivity contribution in [3.63, 3.8) is 0 Å². The standard InChI is InChI=1S/C12H15N3OS/c1-15(8-9-4-3-7-17-9)12-10(13)5-6-11(14-12)16-2/h3-7H,8,13H2,1-2H3. The zero-order valence-electron chi connectivity index (χ0n) is 9.88. The summed E-state index contributed by atoms with van der Waals surface area (Å²) in [7, 11) is 3.57. The lowest BCUT2D eigenvalue weighted by Crippen LogP contribution is -2.18. The fourth-order valence-corrected chi connectivity index (χ4v) is 2.33. The molecule has 0 atom stereocenters. The van der Waals surface area contributed by atoms with Crippen LogP contribution in [0.25, 0.3) is 0 Å². The summed E-state index contributed by atoms with van der Waals surface area (Å²) in [6.45, 7) is 0.794. The molecule has 2 heterocycles. The van der Waals surface area contributed by atoms with Crippen LogP contribution in [-0.2, 0) is 6.54 Å². The number of hydrogen-bond donors (Lipinski definition) is 1. The molecule has 17 heavy (non-hydrogen) atoms. The van der Waals surface area contributed by atoms with E-state index in [9.17, 15) is 0 Å². The van der Waals surface area contributed by atoms with Gasteiger partial charge >= 0.3 is 0 Å². The van der Waals surface area contributed by atoms with Gasteiger partial charge in [0.05, 0.1) is 19.3 Å². The molecule has 2 aromatic heterocycles. The number of ether oxygens (including phenoxy) is 1. The molecule has 0 aromatic carbocycles. The molecule has 0 bridgehead atoms. The first kappa shape index (κ1) is 11.7. The predicted molar refractivity (Wildman–Crippen MR) is 71.6 cm³/mol. The monoisotopic (exact) mass is 249 g/mol. The van der Waals surface area contributed by atoms with Crippen LogP contribution in [0.4, 0.5) is 11.5 Å². The summed E-state index contributed by atoms with van der Waals surface area (Å²) in [5.74, 6) is 1.32. The molecule has 0 amide bonds. The Morgan fingerprint density at radius 3 is 2.88 bits per heavy atom. The smallest absolute Gasteiger partial charge is 0.215 e. The summed E-state index contributed by atoms with van der Waals surface area (Å²) in [6, 6.07) is 7.71. The van der Waals surface area contributed by atoms with E-state index in [1.54, 1.807) is 24.5 Å². The maximum absolute atomic E-state index is 5.92.